The van der Waals surface area contributed by atoms with Crippen LogP contribution in [0.4, 0.5) is 5.69 Å². The number of sulfonamides is 1. The second kappa shape index (κ2) is 13.7. The standard InChI is InChI=1S/C36H32BrN3O5S/c37-30-22-20-26(21-23-30)35-31(24-38-46(43,44)34-19-11-10-18-33(34)40(41)42)39-32(35)25-45-36(27-12-4-1-5-13-27,28-14-6-2-7-15-28)29-16-8-3-9-17-29/h1-23,31-32,35,38-39H,24-25H2. The van der Waals surface area contributed by atoms with E-state index in [1.165, 1.54) is 24.3 Å². The summed E-state index contributed by atoms with van der Waals surface area (Å²) in [5, 5.41) is 15.1. The molecular formula is C36H32BrN3O5S. The van der Waals surface area contributed by atoms with Gasteiger partial charge in [0, 0.05) is 35.1 Å². The Morgan fingerprint density at radius 2 is 1.24 bits per heavy atom. The van der Waals surface area contributed by atoms with Crippen LogP contribution in [0, 0.1) is 10.1 Å². The van der Waals surface area contributed by atoms with Gasteiger partial charge in [-0.1, -0.05) is 131 Å². The molecule has 8 nitrogen and oxygen atoms in total. The molecule has 5 aromatic carbocycles. The van der Waals surface area contributed by atoms with Crippen molar-refractivity contribution in [2.75, 3.05) is 13.2 Å². The number of nitro benzene ring substituents is 1. The van der Waals surface area contributed by atoms with Crippen molar-refractivity contribution in [3.63, 3.8) is 0 Å². The molecule has 3 unspecified atom stereocenters. The lowest BCUT2D eigenvalue weighted by Crippen LogP contribution is -2.65. The monoisotopic (exact) mass is 697 g/mol. The second-order valence-corrected chi connectivity index (χ2v) is 13.8. The van der Waals surface area contributed by atoms with E-state index in [0.717, 1.165) is 26.7 Å². The number of hydrogen-bond donors (Lipinski definition) is 2. The summed E-state index contributed by atoms with van der Waals surface area (Å²) in [5.41, 5.74) is 2.61. The van der Waals surface area contributed by atoms with Crippen LogP contribution in [0.2, 0.25) is 0 Å². The first kappa shape index (κ1) is 31.8. The lowest BCUT2D eigenvalue weighted by Gasteiger charge is -2.48. The molecule has 0 amide bonds. The van der Waals surface area contributed by atoms with Gasteiger partial charge in [-0.25, -0.2) is 13.1 Å². The normalized spacial score (nSPS) is 18.1. The van der Waals surface area contributed by atoms with Crippen molar-refractivity contribution in [2.45, 2.75) is 28.5 Å². The number of nitro groups is 1. The smallest absolute Gasteiger partial charge is 0.289 e. The predicted octanol–water partition coefficient (Wildman–Crippen LogP) is 6.77. The Morgan fingerprint density at radius 3 is 1.76 bits per heavy atom. The highest BCUT2D eigenvalue weighted by Crippen LogP contribution is 2.42. The quantitative estimate of drug-likeness (QED) is 0.0846. The van der Waals surface area contributed by atoms with Gasteiger partial charge < -0.3 is 10.1 Å². The largest absolute Gasteiger partial charge is 0.359 e. The molecule has 0 aromatic heterocycles. The molecule has 0 bridgehead atoms. The Morgan fingerprint density at radius 1 is 0.739 bits per heavy atom. The lowest BCUT2D eigenvalue weighted by molar-refractivity contribution is -0.387. The summed E-state index contributed by atoms with van der Waals surface area (Å²) in [6.07, 6.45) is 0. The van der Waals surface area contributed by atoms with E-state index < -0.39 is 26.2 Å². The Labute approximate surface area is 276 Å². The van der Waals surface area contributed by atoms with Crippen LogP contribution in [0.5, 0.6) is 0 Å². The third kappa shape index (κ3) is 6.40. The highest BCUT2D eigenvalue weighted by atomic mass is 79.9. The molecule has 1 heterocycles. The minimum absolute atomic E-state index is 0.0345. The van der Waals surface area contributed by atoms with Crippen molar-refractivity contribution in [3.05, 3.63) is 176 Å². The van der Waals surface area contributed by atoms with Gasteiger partial charge in [0.1, 0.15) is 5.60 Å². The van der Waals surface area contributed by atoms with Gasteiger partial charge in [0.25, 0.3) is 5.69 Å². The molecule has 2 N–H and O–H groups in total. The van der Waals surface area contributed by atoms with Gasteiger partial charge in [-0.15, -0.1) is 0 Å². The maximum Gasteiger partial charge on any atom is 0.289 e. The summed E-state index contributed by atoms with van der Waals surface area (Å²) in [5.74, 6) is -0.110. The zero-order valence-electron chi connectivity index (χ0n) is 24.7. The van der Waals surface area contributed by atoms with Gasteiger partial charge in [0.15, 0.2) is 4.90 Å². The number of hydrogen-bond acceptors (Lipinski definition) is 6. The van der Waals surface area contributed by atoms with Crippen molar-refractivity contribution in [1.82, 2.24) is 10.0 Å². The molecule has 0 aliphatic carbocycles. The third-order valence-electron chi connectivity index (χ3n) is 8.42. The molecule has 1 aliphatic rings. The van der Waals surface area contributed by atoms with Gasteiger partial charge in [-0.2, -0.15) is 0 Å². The molecule has 10 heteroatoms. The first-order valence-electron chi connectivity index (χ1n) is 14.8. The highest BCUT2D eigenvalue weighted by molar-refractivity contribution is 9.10. The Kier molecular flexibility index (Phi) is 9.44. The fourth-order valence-corrected chi connectivity index (χ4v) is 7.72. The van der Waals surface area contributed by atoms with Crippen LogP contribution in [-0.4, -0.2) is 38.6 Å². The average Bonchev–Trinajstić information content (AvgIpc) is 3.08. The molecule has 1 aliphatic heterocycles. The first-order valence-corrected chi connectivity index (χ1v) is 17.1. The zero-order chi connectivity index (χ0) is 32.1. The number of rotatable bonds is 12. The van der Waals surface area contributed by atoms with Gasteiger partial charge >= 0.3 is 0 Å². The number of halogens is 1. The van der Waals surface area contributed by atoms with Crippen LogP contribution in [0.3, 0.4) is 0 Å². The number of nitrogens with one attached hydrogen (secondary N) is 2. The molecule has 46 heavy (non-hydrogen) atoms. The van der Waals surface area contributed by atoms with Crippen LogP contribution in [0.1, 0.15) is 28.2 Å². The van der Waals surface area contributed by atoms with Crippen molar-refractivity contribution in [2.24, 2.45) is 0 Å². The van der Waals surface area contributed by atoms with Crippen LogP contribution >= 0.6 is 15.9 Å². The number of benzene rings is 5. The molecule has 0 saturated carbocycles. The van der Waals surface area contributed by atoms with Crippen molar-refractivity contribution < 1.29 is 18.1 Å². The number of nitrogens with zero attached hydrogens (tertiary/aromatic N) is 1. The summed E-state index contributed by atoms with van der Waals surface area (Å²) in [4.78, 5) is 10.5. The summed E-state index contributed by atoms with van der Waals surface area (Å²) in [6, 6.07) is 43.3. The molecule has 1 saturated heterocycles. The molecule has 1 fully saturated rings. The van der Waals surface area contributed by atoms with E-state index in [1.54, 1.807) is 0 Å². The van der Waals surface area contributed by atoms with E-state index in [-0.39, 0.29) is 29.4 Å². The average molecular weight is 699 g/mol. The van der Waals surface area contributed by atoms with Crippen molar-refractivity contribution in [3.8, 4) is 0 Å². The highest BCUT2D eigenvalue weighted by Gasteiger charge is 2.45. The molecule has 0 radical (unpaired) electrons. The first-order chi connectivity index (χ1) is 22.3. The van der Waals surface area contributed by atoms with Gasteiger partial charge in [-0.3, -0.25) is 10.1 Å². The van der Waals surface area contributed by atoms with E-state index in [0.29, 0.717) is 6.61 Å². The maximum atomic E-state index is 13.2. The summed E-state index contributed by atoms with van der Waals surface area (Å²) in [7, 11) is -4.15. The van der Waals surface area contributed by atoms with Crippen molar-refractivity contribution >= 4 is 31.6 Å². The van der Waals surface area contributed by atoms with E-state index in [4.69, 9.17) is 4.74 Å². The van der Waals surface area contributed by atoms with Crippen LogP contribution in [-0.2, 0) is 20.4 Å². The third-order valence-corrected chi connectivity index (χ3v) is 10.4. The zero-order valence-corrected chi connectivity index (χ0v) is 27.1. The Hall–Kier alpha value is -4.19. The van der Waals surface area contributed by atoms with Crippen molar-refractivity contribution in [1.29, 1.82) is 0 Å². The predicted molar refractivity (Wildman–Crippen MR) is 181 cm³/mol. The minimum Gasteiger partial charge on any atom is -0.359 e. The van der Waals surface area contributed by atoms with Crippen LogP contribution in [0.15, 0.2) is 149 Å². The lowest BCUT2D eigenvalue weighted by atomic mass is 9.77. The van der Waals surface area contributed by atoms with Gasteiger partial charge in [-0.05, 0) is 40.5 Å². The molecule has 6 rings (SSSR count). The molecule has 3 atom stereocenters. The van der Waals surface area contributed by atoms with E-state index in [9.17, 15) is 18.5 Å². The second-order valence-electron chi connectivity index (χ2n) is 11.1. The number of para-hydroxylation sites is 1. The van der Waals surface area contributed by atoms with Gasteiger partial charge in [0.2, 0.25) is 10.0 Å². The van der Waals surface area contributed by atoms with Gasteiger partial charge in [0.05, 0.1) is 11.5 Å². The summed E-state index contributed by atoms with van der Waals surface area (Å²) >= 11 is 3.51. The topological polar surface area (TPSA) is 111 Å². The fraction of sp³-hybridized carbons (Fsp3) is 0.167. The maximum absolute atomic E-state index is 13.2. The molecule has 234 valence electrons. The Bertz CT molecular complexity index is 1800. The summed E-state index contributed by atoms with van der Waals surface area (Å²) in [6.45, 7) is 0.347. The SMILES string of the molecule is O=[N+]([O-])c1ccccc1S(=O)(=O)NCC1NC(COC(c2ccccc2)(c2ccccc2)c2ccccc2)C1c1ccc(Br)cc1. The van der Waals surface area contributed by atoms with E-state index in [2.05, 4.69) is 62.4 Å². The van der Waals surface area contributed by atoms with E-state index in [1.807, 2.05) is 78.9 Å². The van der Waals surface area contributed by atoms with E-state index >= 15 is 0 Å². The fourth-order valence-electron chi connectivity index (χ4n) is 6.23. The van der Waals surface area contributed by atoms with Crippen LogP contribution < -0.4 is 10.0 Å². The summed E-state index contributed by atoms with van der Waals surface area (Å²) < 4.78 is 37.1. The Balaban J connectivity index is 1.30. The minimum atomic E-state index is -4.15. The number of ether oxygens (including phenoxy) is 1. The molecule has 5 aromatic rings. The molecular weight excluding hydrogens is 666 g/mol. The van der Waals surface area contributed by atoms with Crippen LogP contribution in [0.25, 0.3) is 0 Å². The molecule has 0 spiro atoms.